The van der Waals surface area contributed by atoms with Gasteiger partial charge >= 0.3 is 6.36 Å². The highest BCUT2D eigenvalue weighted by atomic mass is 19.4. The van der Waals surface area contributed by atoms with Gasteiger partial charge in [-0.25, -0.2) is 0 Å². The molecule has 1 aliphatic rings. The summed E-state index contributed by atoms with van der Waals surface area (Å²) < 4.78 is 40.9. The van der Waals surface area contributed by atoms with Crippen LogP contribution in [0.2, 0.25) is 0 Å². The number of rotatable bonds is 4. The first-order valence-electron chi connectivity index (χ1n) is 7.14. The van der Waals surface area contributed by atoms with Crippen molar-refractivity contribution in [3.05, 3.63) is 29.8 Å². The van der Waals surface area contributed by atoms with Crippen LogP contribution in [-0.2, 0) is 11.2 Å². The van der Waals surface area contributed by atoms with E-state index in [2.05, 4.69) is 4.74 Å². The highest BCUT2D eigenvalue weighted by Gasteiger charge is 2.32. The van der Waals surface area contributed by atoms with Gasteiger partial charge in [0.15, 0.2) is 0 Å². The standard InChI is InChI=1S/C15H18F3NO3/c16-15(17,18)22-13-4-2-1-3-11(13)5-6-14(21)19-9-7-12(20)8-10-19/h1-4,12,20H,5-10H2. The van der Waals surface area contributed by atoms with E-state index in [1.807, 2.05) is 0 Å². The Hall–Kier alpha value is -1.76. The van der Waals surface area contributed by atoms with Crippen LogP contribution in [0.4, 0.5) is 13.2 Å². The highest BCUT2D eigenvalue weighted by Crippen LogP contribution is 2.27. The fraction of sp³-hybridized carbons (Fsp3) is 0.533. The Kier molecular flexibility index (Phi) is 5.28. The molecule has 22 heavy (non-hydrogen) atoms. The van der Waals surface area contributed by atoms with Crippen LogP contribution in [0.25, 0.3) is 0 Å². The number of halogens is 3. The monoisotopic (exact) mass is 317 g/mol. The molecule has 0 aliphatic carbocycles. The molecule has 1 amide bonds. The van der Waals surface area contributed by atoms with E-state index in [1.165, 1.54) is 18.2 Å². The van der Waals surface area contributed by atoms with Gasteiger partial charge in [0.1, 0.15) is 5.75 Å². The maximum atomic E-state index is 12.3. The molecule has 1 aliphatic heterocycles. The van der Waals surface area contributed by atoms with Gasteiger partial charge in [-0.2, -0.15) is 0 Å². The summed E-state index contributed by atoms with van der Waals surface area (Å²) in [6.07, 6.45) is -3.73. The van der Waals surface area contributed by atoms with Crippen LogP contribution in [0.5, 0.6) is 5.75 Å². The molecular weight excluding hydrogens is 299 g/mol. The third-order valence-corrected chi connectivity index (χ3v) is 3.62. The van der Waals surface area contributed by atoms with E-state index in [9.17, 15) is 23.1 Å². The number of aliphatic hydroxyl groups excluding tert-OH is 1. The molecule has 0 spiro atoms. The first-order valence-corrected chi connectivity index (χ1v) is 7.14. The Morgan fingerprint density at radius 3 is 2.55 bits per heavy atom. The number of carbonyl (C=O) groups excluding carboxylic acids is 1. The molecule has 1 aromatic carbocycles. The van der Waals surface area contributed by atoms with E-state index < -0.39 is 6.36 Å². The quantitative estimate of drug-likeness (QED) is 0.928. The Bertz CT molecular complexity index is 511. The number of nitrogens with zero attached hydrogens (tertiary/aromatic N) is 1. The smallest absolute Gasteiger partial charge is 0.406 e. The molecule has 122 valence electrons. The first kappa shape index (κ1) is 16.6. The minimum atomic E-state index is -4.75. The molecule has 0 radical (unpaired) electrons. The van der Waals surface area contributed by atoms with Gasteiger partial charge < -0.3 is 14.7 Å². The number of benzene rings is 1. The number of hydrogen-bond donors (Lipinski definition) is 1. The van der Waals surface area contributed by atoms with Crippen LogP contribution >= 0.6 is 0 Å². The van der Waals surface area contributed by atoms with Crippen LogP contribution in [0.3, 0.4) is 0 Å². The molecule has 7 heteroatoms. The van der Waals surface area contributed by atoms with E-state index in [-0.39, 0.29) is 30.6 Å². The van der Waals surface area contributed by atoms with E-state index in [1.54, 1.807) is 11.0 Å². The van der Waals surface area contributed by atoms with E-state index in [0.29, 0.717) is 31.5 Å². The molecule has 0 unspecified atom stereocenters. The zero-order valence-corrected chi connectivity index (χ0v) is 12.0. The second-order valence-corrected chi connectivity index (χ2v) is 5.27. The molecule has 1 heterocycles. The summed E-state index contributed by atoms with van der Waals surface area (Å²) in [5.74, 6) is -0.384. The summed E-state index contributed by atoms with van der Waals surface area (Å²) in [7, 11) is 0. The van der Waals surface area contributed by atoms with Gasteiger partial charge in [0.2, 0.25) is 5.91 Å². The summed E-state index contributed by atoms with van der Waals surface area (Å²) in [5, 5.41) is 9.40. The number of piperidine rings is 1. The van der Waals surface area contributed by atoms with Crippen LogP contribution in [-0.4, -0.2) is 41.5 Å². The van der Waals surface area contributed by atoms with Crippen molar-refractivity contribution in [2.75, 3.05) is 13.1 Å². The van der Waals surface area contributed by atoms with Crippen molar-refractivity contribution in [1.82, 2.24) is 4.90 Å². The van der Waals surface area contributed by atoms with Crippen molar-refractivity contribution in [2.45, 2.75) is 38.1 Å². The van der Waals surface area contributed by atoms with Gasteiger partial charge in [0.25, 0.3) is 0 Å². The summed E-state index contributed by atoms with van der Waals surface area (Å²) in [6, 6.07) is 5.83. The van der Waals surface area contributed by atoms with Crippen molar-refractivity contribution in [3.63, 3.8) is 0 Å². The van der Waals surface area contributed by atoms with Gasteiger partial charge in [0.05, 0.1) is 6.10 Å². The zero-order valence-electron chi connectivity index (χ0n) is 12.0. The van der Waals surface area contributed by atoms with Crippen molar-refractivity contribution in [2.24, 2.45) is 0 Å². The normalized spacial score (nSPS) is 16.6. The van der Waals surface area contributed by atoms with Crippen LogP contribution in [0, 0.1) is 0 Å². The maximum absolute atomic E-state index is 12.3. The average Bonchev–Trinajstić information content (AvgIpc) is 2.45. The third kappa shape index (κ3) is 4.91. The number of ether oxygens (including phenoxy) is 1. The molecule has 1 saturated heterocycles. The summed E-state index contributed by atoms with van der Waals surface area (Å²) in [5.41, 5.74) is 0.352. The lowest BCUT2D eigenvalue weighted by molar-refractivity contribution is -0.274. The molecular formula is C15H18F3NO3. The number of likely N-dealkylation sites (tertiary alicyclic amines) is 1. The lowest BCUT2D eigenvalue weighted by atomic mass is 10.1. The maximum Gasteiger partial charge on any atom is 0.573 e. The lowest BCUT2D eigenvalue weighted by Crippen LogP contribution is -2.40. The predicted molar refractivity (Wildman–Crippen MR) is 73.3 cm³/mol. The first-order chi connectivity index (χ1) is 10.3. The largest absolute Gasteiger partial charge is 0.573 e. The minimum absolute atomic E-state index is 0.117. The SMILES string of the molecule is O=C(CCc1ccccc1OC(F)(F)F)N1CCC(O)CC1. The van der Waals surface area contributed by atoms with E-state index in [0.717, 1.165) is 0 Å². The fourth-order valence-corrected chi connectivity index (χ4v) is 2.45. The van der Waals surface area contributed by atoms with Gasteiger partial charge in [0, 0.05) is 19.5 Å². The summed E-state index contributed by atoms with van der Waals surface area (Å²) in [6.45, 7) is 0.974. The third-order valence-electron chi connectivity index (χ3n) is 3.62. The minimum Gasteiger partial charge on any atom is -0.406 e. The van der Waals surface area contributed by atoms with Crippen molar-refractivity contribution < 1.29 is 27.8 Å². The molecule has 0 atom stereocenters. The predicted octanol–water partition coefficient (Wildman–Crippen LogP) is 2.50. The Balaban J connectivity index is 1.92. The molecule has 4 nitrogen and oxygen atoms in total. The Labute approximate surface area is 126 Å². The average molecular weight is 317 g/mol. The van der Waals surface area contributed by atoms with Crippen LogP contribution in [0.15, 0.2) is 24.3 Å². The van der Waals surface area contributed by atoms with Gasteiger partial charge in [-0.15, -0.1) is 13.2 Å². The van der Waals surface area contributed by atoms with Gasteiger partial charge in [-0.1, -0.05) is 18.2 Å². The van der Waals surface area contributed by atoms with E-state index in [4.69, 9.17) is 0 Å². The number of aliphatic hydroxyl groups is 1. The zero-order chi connectivity index (χ0) is 16.2. The number of carbonyl (C=O) groups is 1. The second-order valence-electron chi connectivity index (χ2n) is 5.27. The van der Waals surface area contributed by atoms with Crippen LogP contribution in [0.1, 0.15) is 24.8 Å². The van der Waals surface area contributed by atoms with Crippen molar-refractivity contribution >= 4 is 5.91 Å². The highest BCUT2D eigenvalue weighted by molar-refractivity contribution is 5.76. The fourth-order valence-electron chi connectivity index (χ4n) is 2.45. The topological polar surface area (TPSA) is 49.8 Å². The van der Waals surface area contributed by atoms with E-state index >= 15 is 0 Å². The summed E-state index contributed by atoms with van der Waals surface area (Å²) in [4.78, 5) is 13.7. The number of aryl methyl sites for hydroxylation is 1. The Morgan fingerprint density at radius 2 is 1.91 bits per heavy atom. The molecule has 0 aromatic heterocycles. The van der Waals surface area contributed by atoms with Crippen molar-refractivity contribution in [3.8, 4) is 5.75 Å². The van der Waals surface area contributed by atoms with Gasteiger partial charge in [-0.3, -0.25) is 4.79 Å². The molecule has 1 aromatic rings. The molecule has 0 bridgehead atoms. The molecule has 0 saturated carbocycles. The lowest BCUT2D eigenvalue weighted by Gasteiger charge is -2.29. The second kappa shape index (κ2) is 7.00. The summed E-state index contributed by atoms with van der Waals surface area (Å²) >= 11 is 0. The van der Waals surface area contributed by atoms with Crippen molar-refractivity contribution in [1.29, 1.82) is 0 Å². The van der Waals surface area contributed by atoms with Gasteiger partial charge in [-0.05, 0) is 30.9 Å². The number of amides is 1. The molecule has 2 rings (SSSR count). The Morgan fingerprint density at radius 1 is 1.27 bits per heavy atom. The number of alkyl halides is 3. The van der Waals surface area contributed by atoms with Crippen LogP contribution < -0.4 is 4.74 Å². The molecule has 1 N–H and O–H groups in total. The molecule has 1 fully saturated rings. The number of para-hydroxylation sites is 1. The number of hydrogen-bond acceptors (Lipinski definition) is 3.